The summed E-state index contributed by atoms with van der Waals surface area (Å²) in [5.41, 5.74) is 1.21. The summed E-state index contributed by atoms with van der Waals surface area (Å²) in [4.78, 5) is 6.78. The number of imidazole rings is 1. The van der Waals surface area contributed by atoms with Crippen LogP contribution in [0.25, 0.3) is 0 Å². The molecule has 2 rings (SSSR count). The van der Waals surface area contributed by atoms with Gasteiger partial charge in [-0.1, -0.05) is 0 Å². The van der Waals surface area contributed by atoms with E-state index in [9.17, 15) is 0 Å². The first-order valence-corrected chi connectivity index (χ1v) is 5.15. The van der Waals surface area contributed by atoms with Crippen molar-refractivity contribution >= 4 is 5.95 Å². The van der Waals surface area contributed by atoms with E-state index in [0.29, 0.717) is 6.04 Å². The minimum Gasteiger partial charge on any atom is -0.339 e. The number of hydrogen-bond acceptors (Lipinski definition) is 3. The van der Waals surface area contributed by atoms with Gasteiger partial charge >= 0.3 is 0 Å². The van der Waals surface area contributed by atoms with Gasteiger partial charge in [0.15, 0.2) is 0 Å². The summed E-state index contributed by atoms with van der Waals surface area (Å²) in [6.45, 7) is 7.44. The molecule has 1 aliphatic rings. The molecule has 0 bridgehead atoms. The average molecular weight is 194 g/mol. The van der Waals surface area contributed by atoms with Crippen LogP contribution in [-0.4, -0.2) is 35.2 Å². The lowest BCUT2D eigenvalue weighted by Crippen LogP contribution is -2.50. The Morgan fingerprint density at radius 2 is 2.36 bits per heavy atom. The maximum atomic E-state index is 4.43. The standard InChI is InChI=1S/C10H18N4/c1-8-7-14(5-4-11-8)10-12-6-9(2)13(10)3/h6,8,11H,4-5,7H2,1-3H3/t8-/m1/s1. The third-order valence-corrected chi connectivity index (χ3v) is 2.85. The van der Waals surface area contributed by atoms with Crippen LogP contribution in [0.2, 0.25) is 0 Å². The van der Waals surface area contributed by atoms with Crippen molar-refractivity contribution in [3.63, 3.8) is 0 Å². The Morgan fingerprint density at radius 1 is 1.57 bits per heavy atom. The zero-order valence-electron chi connectivity index (χ0n) is 9.12. The third-order valence-electron chi connectivity index (χ3n) is 2.85. The smallest absolute Gasteiger partial charge is 0.205 e. The summed E-state index contributed by atoms with van der Waals surface area (Å²) in [5.74, 6) is 1.09. The first-order valence-electron chi connectivity index (χ1n) is 5.15. The van der Waals surface area contributed by atoms with Gasteiger partial charge in [0.25, 0.3) is 0 Å². The van der Waals surface area contributed by atoms with E-state index in [2.05, 4.69) is 40.7 Å². The van der Waals surface area contributed by atoms with E-state index in [0.717, 1.165) is 25.6 Å². The predicted octanol–water partition coefficient (Wildman–Crippen LogP) is 0.527. The van der Waals surface area contributed by atoms with Crippen LogP contribution in [0.4, 0.5) is 5.95 Å². The molecular formula is C10H18N4. The highest BCUT2D eigenvalue weighted by Crippen LogP contribution is 2.14. The van der Waals surface area contributed by atoms with E-state index in [1.165, 1.54) is 5.69 Å². The van der Waals surface area contributed by atoms with Crippen LogP contribution in [0.1, 0.15) is 12.6 Å². The lowest BCUT2D eigenvalue weighted by molar-refractivity contribution is 0.476. The van der Waals surface area contributed by atoms with Crippen LogP contribution in [0.5, 0.6) is 0 Å². The van der Waals surface area contributed by atoms with Crippen LogP contribution < -0.4 is 10.2 Å². The Morgan fingerprint density at radius 3 is 2.93 bits per heavy atom. The van der Waals surface area contributed by atoms with Gasteiger partial charge < -0.3 is 14.8 Å². The summed E-state index contributed by atoms with van der Waals surface area (Å²) in [6, 6.07) is 0.556. The van der Waals surface area contributed by atoms with Gasteiger partial charge in [-0.25, -0.2) is 4.98 Å². The van der Waals surface area contributed by atoms with Crippen molar-refractivity contribution in [2.45, 2.75) is 19.9 Å². The fraction of sp³-hybridized carbons (Fsp3) is 0.700. The molecule has 1 atom stereocenters. The van der Waals surface area contributed by atoms with Crippen molar-refractivity contribution in [3.8, 4) is 0 Å². The topological polar surface area (TPSA) is 33.1 Å². The molecule has 2 heterocycles. The van der Waals surface area contributed by atoms with Gasteiger partial charge in [0.1, 0.15) is 0 Å². The van der Waals surface area contributed by atoms with Crippen molar-refractivity contribution in [1.29, 1.82) is 0 Å². The maximum Gasteiger partial charge on any atom is 0.205 e. The molecule has 0 aromatic carbocycles. The lowest BCUT2D eigenvalue weighted by Gasteiger charge is -2.32. The number of nitrogens with one attached hydrogen (secondary N) is 1. The van der Waals surface area contributed by atoms with Crippen molar-refractivity contribution in [1.82, 2.24) is 14.9 Å². The van der Waals surface area contributed by atoms with Crippen LogP contribution in [0.3, 0.4) is 0 Å². The molecule has 0 radical (unpaired) electrons. The van der Waals surface area contributed by atoms with E-state index in [1.54, 1.807) is 0 Å². The average Bonchev–Trinajstić information content (AvgIpc) is 2.48. The van der Waals surface area contributed by atoms with Crippen molar-refractivity contribution in [2.24, 2.45) is 7.05 Å². The zero-order chi connectivity index (χ0) is 10.1. The number of nitrogens with zero attached hydrogens (tertiary/aromatic N) is 3. The fourth-order valence-electron chi connectivity index (χ4n) is 1.89. The van der Waals surface area contributed by atoms with Crippen LogP contribution in [0, 0.1) is 6.92 Å². The Balaban J connectivity index is 2.18. The molecule has 0 spiro atoms. The molecule has 1 N–H and O–H groups in total. The van der Waals surface area contributed by atoms with Gasteiger partial charge in [-0.15, -0.1) is 0 Å². The zero-order valence-corrected chi connectivity index (χ0v) is 9.12. The quantitative estimate of drug-likeness (QED) is 0.708. The number of aryl methyl sites for hydroxylation is 1. The molecule has 0 amide bonds. The summed E-state index contributed by atoms with van der Waals surface area (Å²) in [7, 11) is 2.07. The number of rotatable bonds is 1. The first-order chi connectivity index (χ1) is 6.68. The molecule has 78 valence electrons. The van der Waals surface area contributed by atoms with Gasteiger partial charge in [0.2, 0.25) is 5.95 Å². The van der Waals surface area contributed by atoms with Crippen molar-refractivity contribution in [2.75, 3.05) is 24.5 Å². The number of anilines is 1. The molecular weight excluding hydrogens is 176 g/mol. The Bertz CT molecular complexity index is 318. The summed E-state index contributed by atoms with van der Waals surface area (Å²) < 4.78 is 2.15. The second-order valence-corrected chi connectivity index (χ2v) is 4.06. The normalized spacial score (nSPS) is 22.8. The highest BCUT2D eigenvalue weighted by Gasteiger charge is 2.19. The van der Waals surface area contributed by atoms with Crippen molar-refractivity contribution < 1.29 is 0 Å². The molecule has 4 heteroatoms. The van der Waals surface area contributed by atoms with E-state index < -0.39 is 0 Å². The van der Waals surface area contributed by atoms with Crippen LogP contribution in [0.15, 0.2) is 6.20 Å². The fourth-order valence-corrected chi connectivity index (χ4v) is 1.89. The molecule has 0 saturated carbocycles. The van der Waals surface area contributed by atoms with E-state index in [4.69, 9.17) is 0 Å². The van der Waals surface area contributed by atoms with E-state index in [-0.39, 0.29) is 0 Å². The molecule has 0 unspecified atom stereocenters. The summed E-state index contributed by atoms with van der Waals surface area (Å²) in [6.07, 6.45) is 1.93. The van der Waals surface area contributed by atoms with Gasteiger partial charge in [-0.3, -0.25) is 0 Å². The first kappa shape index (κ1) is 9.52. The minimum atomic E-state index is 0.556. The second kappa shape index (κ2) is 3.61. The van der Waals surface area contributed by atoms with Gasteiger partial charge in [-0.2, -0.15) is 0 Å². The maximum absolute atomic E-state index is 4.43. The molecule has 4 nitrogen and oxygen atoms in total. The highest BCUT2D eigenvalue weighted by atomic mass is 15.3. The Kier molecular flexibility index (Phi) is 2.46. The largest absolute Gasteiger partial charge is 0.339 e. The third kappa shape index (κ3) is 1.62. The van der Waals surface area contributed by atoms with Gasteiger partial charge in [0, 0.05) is 38.4 Å². The molecule has 1 fully saturated rings. The monoisotopic (exact) mass is 194 g/mol. The number of hydrogen-bond donors (Lipinski definition) is 1. The molecule has 1 aromatic rings. The highest BCUT2D eigenvalue weighted by molar-refractivity contribution is 5.34. The lowest BCUT2D eigenvalue weighted by atomic mass is 10.2. The number of piperazine rings is 1. The van der Waals surface area contributed by atoms with Crippen LogP contribution >= 0.6 is 0 Å². The summed E-state index contributed by atoms with van der Waals surface area (Å²) in [5, 5.41) is 3.43. The molecule has 14 heavy (non-hydrogen) atoms. The SMILES string of the molecule is Cc1cnc(N2CCN[C@H](C)C2)n1C. The van der Waals surface area contributed by atoms with Crippen LogP contribution in [-0.2, 0) is 7.05 Å². The predicted molar refractivity (Wildman–Crippen MR) is 57.6 cm³/mol. The minimum absolute atomic E-state index is 0.556. The van der Waals surface area contributed by atoms with Gasteiger partial charge in [-0.05, 0) is 13.8 Å². The Hall–Kier alpha value is -1.03. The van der Waals surface area contributed by atoms with E-state index in [1.807, 2.05) is 6.20 Å². The number of aromatic nitrogens is 2. The van der Waals surface area contributed by atoms with Crippen molar-refractivity contribution in [3.05, 3.63) is 11.9 Å². The summed E-state index contributed by atoms with van der Waals surface area (Å²) >= 11 is 0. The molecule has 1 aliphatic heterocycles. The van der Waals surface area contributed by atoms with E-state index >= 15 is 0 Å². The molecule has 1 aromatic heterocycles. The molecule has 0 aliphatic carbocycles. The molecule has 1 saturated heterocycles. The Labute approximate surface area is 84.9 Å². The second-order valence-electron chi connectivity index (χ2n) is 4.06. The van der Waals surface area contributed by atoms with Gasteiger partial charge in [0.05, 0.1) is 6.20 Å².